The maximum atomic E-state index is 12.6. The van der Waals surface area contributed by atoms with E-state index in [0.717, 1.165) is 5.56 Å². The Hall–Kier alpha value is -2.87. The lowest BCUT2D eigenvalue weighted by molar-refractivity contribution is -0.434. The number of aromatic nitrogens is 1. The summed E-state index contributed by atoms with van der Waals surface area (Å²) in [4.78, 5) is 31.4. The maximum Gasteiger partial charge on any atom is 0.297 e. The molecule has 1 saturated heterocycles. The van der Waals surface area contributed by atoms with Gasteiger partial charge in [0.05, 0.1) is 11.2 Å². The van der Waals surface area contributed by atoms with Crippen LogP contribution in [0.25, 0.3) is 0 Å². The number of rotatable bonds is 4. The van der Waals surface area contributed by atoms with E-state index in [0.29, 0.717) is 36.4 Å². The molecule has 0 N–H and O–H groups in total. The van der Waals surface area contributed by atoms with Crippen LogP contribution in [0.5, 0.6) is 0 Å². The second-order valence-corrected chi connectivity index (χ2v) is 6.58. The van der Waals surface area contributed by atoms with Gasteiger partial charge >= 0.3 is 0 Å². The van der Waals surface area contributed by atoms with Gasteiger partial charge in [-0.3, -0.25) is 19.8 Å². The van der Waals surface area contributed by atoms with Crippen LogP contribution in [-0.2, 0) is 11.3 Å². The summed E-state index contributed by atoms with van der Waals surface area (Å²) in [6.45, 7) is 1.36. The van der Waals surface area contributed by atoms with Crippen molar-refractivity contribution >= 4 is 17.5 Å². The summed E-state index contributed by atoms with van der Waals surface area (Å²) in [5.74, 6) is -0.0498. The molecule has 0 bridgehead atoms. The Morgan fingerprint density at radius 3 is 2.85 bits per heavy atom. The molecule has 8 nitrogen and oxygen atoms in total. The summed E-state index contributed by atoms with van der Waals surface area (Å²) in [5, 5.41) is 12.2. The van der Waals surface area contributed by atoms with Crippen molar-refractivity contribution in [3.8, 4) is 0 Å². The highest BCUT2D eigenvalue weighted by molar-refractivity contribution is 6.29. The van der Waals surface area contributed by atoms with Crippen molar-refractivity contribution in [2.45, 2.75) is 18.9 Å². The van der Waals surface area contributed by atoms with E-state index >= 15 is 0 Å². The molecule has 2 aliphatic rings. The number of amides is 1. The molecule has 2 aromatic rings. The van der Waals surface area contributed by atoms with Crippen molar-refractivity contribution < 1.29 is 14.1 Å². The van der Waals surface area contributed by atoms with E-state index in [1.165, 1.54) is 11.2 Å². The van der Waals surface area contributed by atoms with Gasteiger partial charge in [0.25, 0.3) is 5.70 Å². The number of carbonyl (C=O) groups is 1. The molecule has 1 amide bonds. The zero-order valence-electron chi connectivity index (χ0n) is 13.7. The second-order valence-electron chi connectivity index (χ2n) is 6.19. The van der Waals surface area contributed by atoms with E-state index < -0.39 is 10.8 Å². The summed E-state index contributed by atoms with van der Waals surface area (Å²) in [5.41, 5.74) is 0.859. The Morgan fingerprint density at radius 1 is 1.35 bits per heavy atom. The highest BCUT2D eigenvalue weighted by Crippen LogP contribution is 2.40. The molecule has 134 valence electrons. The average molecular weight is 375 g/mol. The molecule has 9 heteroatoms. The van der Waals surface area contributed by atoms with E-state index in [2.05, 4.69) is 4.98 Å². The van der Waals surface area contributed by atoms with Crippen LogP contribution in [0, 0.1) is 10.1 Å². The van der Waals surface area contributed by atoms with Crippen molar-refractivity contribution in [3.05, 3.63) is 74.8 Å². The number of pyridine rings is 1. The molecule has 2 aliphatic heterocycles. The zero-order valence-corrected chi connectivity index (χ0v) is 14.4. The smallest absolute Gasteiger partial charge is 0.297 e. The Morgan fingerprint density at radius 2 is 2.19 bits per heavy atom. The zero-order chi connectivity index (χ0) is 18.3. The first-order chi connectivity index (χ1) is 12.5. The molecule has 26 heavy (non-hydrogen) atoms. The van der Waals surface area contributed by atoms with Crippen LogP contribution in [0.15, 0.2) is 52.7 Å². The summed E-state index contributed by atoms with van der Waals surface area (Å²) in [6.07, 6.45) is 3.12. The second kappa shape index (κ2) is 6.45. The number of nitrogens with zero attached hydrogens (tertiary/aromatic N) is 4. The van der Waals surface area contributed by atoms with Gasteiger partial charge in [-0.05, 0) is 23.8 Å². The number of fused-ring (bicyclic) bond motifs is 1. The fourth-order valence-electron chi connectivity index (χ4n) is 3.49. The summed E-state index contributed by atoms with van der Waals surface area (Å²) >= 11 is 5.81. The Bertz CT molecular complexity index is 879. The largest absolute Gasteiger partial charge is 0.468 e. The SMILES string of the molecule is O=C1CC(c2ccco2)C([N+](=O)[O-])=C2N(Cc3ccc(Cl)nc3)CCN12. The van der Waals surface area contributed by atoms with Crippen LogP contribution in [0.2, 0.25) is 5.15 Å². The highest BCUT2D eigenvalue weighted by atomic mass is 35.5. The minimum Gasteiger partial charge on any atom is -0.468 e. The number of carbonyl (C=O) groups excluding carboxylic acids is 1. The number of hydrogen-bond donors (Lipinski definition) is 0. The van der Waals surface area contributed by atoms with Gasteiger partial charge in [-0.1, -0.05) is 17.7 Å². The van der Waals surface area contributed by atoms with Gasteiger partial charge in [0.15, 0.2) is 5.82 Å². The monoisotopic (exact) mass is 374 g/mol. The Balaban J connectivity index is 1.75. The minimum absolute atomic E-state index is 0.000951. The van der Waals surface area contributed by atoms with Crippen LogP contribution >= 0.6 is 11.6 Å². The molecule has 1 unspecified atom stereocenters. The van der Waals surface area contributed by atoms with Crippen molar-refractivity contribution in [1.82, 2.24) is 14.8 Å². The topological polar surface area (TPSA) is 92.7 Å². The lowest BCUT2D eigenvalue weighted by atomic mass is 9.94. The van der Waals surface area contributed by atoms with Crippen LogP contribution in [0.1, 0.15) is 23.7 Å². The summed E-state index contributed by atoms with van der Waals surface area (Å²) in [6, 6.07) is 6.82. The van der Waals surface area contributed by atoms with E-state index in [9.17, 15) is 14.9 Å². The maximum absolute atomic E-state index is 12.6. The third kappa shape index (κ3) is 2.82. The Kier molecular flexibility index (Phi) is 4.12. The van der Waals surface area contributed by atoms with Gasteiger partial charge in [0, 0.05) is 32.3 Å². The van der Waals surface area contributed by atoms with Gasteiger partial charge < -0.3 is 9.32 Å². The van der Waals surface area contributed by atoms with Gasteiger partial charge in [0.1, 0.15) is 16.8 Å². The molecule has 0 radical (unpaired) electrons. The molecule has 4 heterocycles. The van der Waals surface area contributed by atoms with Gasteiger partial charge in [0.2, 0.25) is 5.91 Å². The highest BCUT2D eigenvalue weighted by Gasteiger charge is 2.47. The first kappa shape index (κ1) is 16.6. The number of nitro groups is 1. The fraction of sp³-hybridized carbons (Fsp3) is 0.294. The van der Waals surface area contributed by atoms with Crippen LogP contribution in [0.4, 0.5) is 0 Å². The molecule has 1 fully saturated rings. The molecule has 0 spiro atoms. The standard InChI is InChI=1S/C17H15ClN4O4/c18-14-4-3-11(9-19-14)10-20-5-6-21-15(23)8-12(13-2-1-7-26-13)16(17(20)21)22(24)25/h1-4,7,9,12H,5-6,8,10H2. The predicted octanol–water partition coefficient (Wildman–Crippen LogP) is 2.61. The third-order valence-electron chi connectivity index (χ3n) is 4.63. The first-order valence-corrected chi connectivity index (χ1v) is 8.50. The van der Waals surface area contributed by atoms with E-state index in [4.69, 9.17) is 16.0 Å². The van der Waals surface area contributed by atoms with Gasteiger partial charge in [-0.2, -0.15) is 0 Å². The van der Waals surface area contributed by atoms with Gasteiger partial charge in [-0.25, -0.2) is 4.98 Å². The average Bonchev–Trinajstić information content (AvgIpc) is 3.27. The first-order valence-electron chi connectivity index (χ1n) is 8.12. The van der Waals surface area contributed by atoms with Crippen LogP contribution < -0.4 is 0 Å². The van der Waals surface area contributed by atoms with Crippen molar-refractivity contribution in [2.75, 3.05) is 13.1 Å². The minimum atomic E-state index is -0.692. The predicted molar refractivity (Wildman–Crippen MR) is 91.5 cm³/mol. The summed E-state index contributed by atoms with van der Waals surface area (Å²) in [7, 11) is 0. The third-order valence-corrected chi connectivity index (χ3v) is 4.86. The Labute approximate surface area is 153 Å². The van der Waals surface area contributed by atoms with E-state index in [1.54, 1.807) is 24.4 Å². The quantitative estimate of drug-likeness (QED) is 0.464. The summed E-state index contributed by atoms with van der Waals surface area (Å²) < 4.78 is 5.36. The molecule has 2 aromatic heterocycles. The molecular weight excluding hydrogens is 360 g/mol. The van der Waals surface area contributed by atoms with E-state index in [-0.39, 0.29) is 18.0 Å². The number of furan rings is 1. The van der Waals surface area contributed by atoms with Gasteiger partial charge in [-0.15, -0.1) is 0 Å². The lowest BCUT2D eigenvalue weighted by Gasteiger charge is -2.29. The molecular formula is C17H15ClN4O4. The van der Waals surface area contributed by atoms with Crippen LogP contribution in [0.3, 0.4) is 0 Å². The van der Waals surface area contributed by atoms with Crippen LogP contribution in [-0.4, -0.2) is 38.7 Å². The number of allylic oxidation sites excluding steroid dienone is 1. The lowest BCUT2D eigenvalue weighted by Crippen LogP contribution is -2.38. The fourth-order valence-corrected chi connectivity index (χ4v) is 3.60. The van der Waals surface area contributed by atoms with Crippen molar-refractivity contribution in [3.63, 3.8) is 0 Å². The molecule has 0 aliphatic carbocycles. The van der Waals surface area contributed by atoms with Crippen molar-refractivity contribution in [1.29, 1.82) is 0 Å². The molecule has 4 rings (SSSR count). The molecule has 0 aromatic carbocycles. The normalized spacial score (nSPS) is 19.9. The van der Waals surface area contributed by atoms with E-state index in [1.807, 2.05) is 11.0 Å². The number of hydrogen-bond acceptors (Lipinski definition) is 6. The van der Waals surface area contributed by atoms with Crippen molar-refractivity contribution in [2.24, 2.45) is 0 Å². The molecule has 0 saturated carbocycles. The number of halogens is 1. The molecule has 1 atom stereocenters.